The van der Waals surface area contributed by atoms with Crippen LogP contribution in [0.1, 0.15) is 122 Å². The highest BCUT2D eigenvalue weighted by Gasteiger charge is 2.43. The first-order valence-corrected chi connectivity index (χ1v) is 24.0. The van der Waals surface area contributed by atoms with E-state index in [2.05, 4.69) is 83.1 Å². The summed E-state index contributed by atoms with van der Waals surface area (Å²) in [6.07, 6.45) is -15.3. The van der Waals surface area contributed by atoms with Crippen LogP contribution in [0.4, 0.5) is 39.5 Å². The van der Waals surface area contributed by atoms with Crippen molar-refractivity contribution in [1.29, 1.82) is 0 Å². The van der Waals surface area contributed by atoms with Gasteiger partial charge in [-0.25, -0.2) is 0 Å². The molecule has 0 aliphatic carbocycles. The first kappa shape index (κ1) is 50.5. The number of nitrogens with zero attached hydrogens (tertiary/aromatic N) is 2. The quantitative estimate of drug-likeness (QED) is 0.156. The summed E-state index contributed by atoms with van der Waals surface area (Å²) in [4.78, 5) is 0. The molecule has 2 heterocycles. The molecule has 0 atom stereocenters. The molecule has 0 bridgehead atoms. The van der Waals surface area contributed by atoms with Gasteiger partial charge in [-0.3, -0.25) is 0 Å². The molecule has 0 spiro atoms. The van der Waals surface area contributed by atoms with Crippen LogP contribution in [0.5, 0.6) is 0 Å². The van der Waals surface area contributed by atoms with Crippen molar-refractivity contribution in [2.24, 2.45) is 0 Å². The van der Waals surface area contributed by atoms with E-state index >= 15 is 13.2 Å². The molecule has 9 aromatic rings. The third kappa shape index (κ3) is 8.84. The van der Waals surface area contributed by atoms with Gasteiger partial charge in [0, 0.05) is 32.7 Å². The molecule has 0 fully saturated rings. The maximum Gasteiger partial charge on any atom is 0.417 e. The summed E-state index contributed by atoms with van der Waals surface area (Å²) < 4.78 is 143. The Morgan fingerprint density at radius 2 is 0.569 bits per heavy atom. The zero-order chi connectivity index (χ0) is 52.6. The summed E-state index contributed by atoms with van der Waals surface area (Å²) in [5.74, 6) is 0. The van der Waals surface area contributed by atoms with Crippen molar-refractivity contribution >= 4 is 43.6 Å². The Bertz CT molecular complexity index is 3250. The molecule has 9 rings (SSSR count). The maximum absolute atomic E-state index is 17.1. The Kier molecular flexibility index (Phi) is 11.6. The van der Waals surface area contributed by atoms with E-state index in [-0.39, 0.29) is 33.0 Å². The number of halogens is 9. The highest BCUT2D eigenvalue weighted by atomic mass is 19.4. The lowest BCUT2D eigenvalue weighted by molar-refractivity contribution is -0.138. The molecular weight excluding hydrogens is 932 g/mol. The van der Waals surface area contributed by atoms with Crippen molar-refractivity contribution in [2.45, 2.75) is 123 Å². The minimum absolute atomic E-state index is 0.119. The molecule has 2 aromatic heterocycles. The monoisotopic (exact) mass is 988 g/mol. The van der Waals surface area contributed by atoms with Crippen LogP contribution in [0.2, 0.25) is 0 Å². The fraction of sp³-hybridized carbons (Fsp3) is 0.311. The highest BCUT2D eigenvalue weighted by Crippen LogP contribution is 2.53. The van der Waals surface area contributed by atoms with Gasteiger partial charge < -0.3 is 9.13 Å². The Labute approximate surface area is 414 Å². The van der Waals surface area contributed by atoms with Crippen LogP contribution in [-0.2, 0) is 40.2 Å². The van der Waals surface area contributed by atoms with Crippen LogP contribution < -0.4 is 0 Å². The lowest BCUT2D eigenvalue weighted by Gasteiger charge is -2.27. The molecule has 0 amide bonds. The van der Waals surface area contributed by atoms with Crippen molar-refractivity contribution < 1.29 is 39.5 Å². The van der Waals surface area contributed by atoms with Crippen molar-refractivity contribution in [3.63, 3.8) is 0 Å². The van der Waals surface area contributed by atoms with Crippen molar-refractivity contribution in [3.05, 3.63) is 166 Å². The van der Waals surface area contributed by atoms with Gasteiger partial charge in [0.15, 0.2) is 0 Å². The molecule has 72 heavy (non-hydrogen) atoms. The van der Waals surface area contributed by atoms with Crippen molar-refractivity contribution in [1.82, 2.24) is 9.13 Å². The number of aromatic nitrogens is 2. The third-order valence-electron chi connectivity index (χ3n) is 14.0. The van der Waals surface area contributed by atoms with Gasteiger partial charge in [-0.15, -0.1) is 0 Å². The molecule has 0 radical (unpaired) electrons. The summed E-state index contributed by atoms with van der Waals surface area (Å²) in [6.45, 7) is 24.6. The topological polar surface area (TPSA) is 9.86 Å². The first-order valence-electron chi connectivity index (χ1n) is 24.0. The highest BCUT2D eigenvalue weighted by molar-refractivity contribution is 6.13. The van der Waals surface area contributed by atoms with Crippen LogP contribution >= 0.6 is 0 Å². The van der Waals surface area contributed by atoms with Gasteiger partial charge in [0.1, 0.15) is 0 Å². The molecule has 0 saturated heterocycles. The largest absolute Gasteiger partial charge is 0.417 e. The van der Waals surface area contributed by atoms with Gasteiger partial charge >= 0.3 is 18.5 Å². The van der Waals surface area contributed by atoms with Crippen LogP contribution in [0, 0.1) is 0 Å². The molecule has 0 aliphatic heterocycles. The number of rotatable bonds is 4. The summed E-state index contributed by atoms with van der Waals surface area (Å²) in [5.41, 5.74) is -1.84. The van der Waals surface area contributed by atoms with E-state index in [1.165, 1.54) is 18.2 Å². The van der Waals surface area contributed by atoms with E-state index in [9.17, 15) is 26.3 Å². The Morgan fingerprint density at radius 3 is 0.806 bits per heavy atom. The Balaban J connectivity index is 1.60. The lowest BCUT2D eigenvalue weighted by atomic mass is 9.85. The molecule has 2 nitrogen and oxygen atoms in total. The number of hydrogen-bond donors (Lipinski definition) is 0. The number of benzene rings is 7. The van der Waals surface area contributed by atoms with E-state index in [0.29, 0.717) is 55.7 Å². The summed E-state index contributed by atoms with van der Waals surface area (Å²) >= 11 is 0. The molecule has 0 aliphatic rings. The van der Waals surface area contributed by atoms with Crippen LogP contribution in [-0.4, -0.2) is 9.13 Å². The van der Waals surface area contributed by atoms with Gasteiger partial charge in [-0.1, -0.05) is 132 Å². The first-order chi connectivity index (χ1) is 33.1. The number of fused-ring (bicyclic) bond motifs is 6. The minimum Gasteiger partial charge on any atom is -0.309 e. The summed E-state index contributed by atoms with van der Waals surface area (Å²) in [5, 5.41) is 2.82. The second kappa shape index (κ2) is 16.5. The summed E-state index contributed by atoms with van der Waals surface area (Å²) in [7, 11) is 0. The van der Waals surface area contributed by atoms with Gasteiger partial charge in [0.05, 0.1) is 50.1 Å². The van der Waals surface area contributed by atoms with Crippen molar-refractivity contribution in [2.75, 3.05) is 0 Å². The number of hydrogen-bond acceptors (Lipinski definition) is 0. The molecule has 0 unspecified atom stereocenters. The zero-order valence-electron chi connectivity index (χ0n) is 42.4. The SMILES string of the molecule is CC(C)(C)c1ccc2c(c1)c1cc(C(C)(C)C)ccc1n2-c1cc(-n2c3ccc(C(C)(C)C)cc3c3cc(C(C)(C)C)ccc32)c(-c2cccc(C(F)(F)F)c2)c(C(F)(F)F)c1-c1cccc(C(F)(F)F)c1. The van der Waals surface area contributed by atoms with E-state index < -0.39 is 57.5 Å². The van der Waals surface area contributed by atoms with E-state index in [0.717, 1.165) is 46.5 Å². The fourth-order valence-electron chi connectivity index (χ4n) is 10.0. The Hall–Kier alpha value is -6.49. The van der Waals surface area contributed by atoms with Crippen LogP contribution in [0.3, 0.4) is 0 Å². The summed E-state index contributed by atoms with van der Waals surface area (Å²) in [6, 6.07) is 32.0. The molecule has 11 heteroatoms. The standard InChI is InChI=1S/C61H57F9N2/c1-55(2,3)36-19-23-46-42(29-36)43-30-37(56(4,5)6)20-24-47(43)71(46)50-33-51(72-48-25-21-38(57(7,8)9)31-44(48)45-32-39(58(10,11)12)22-26-49(45)72)53(35-16-14-18-41(28-35)60(65,66)67)54(61(68,69)70)52(50)34-15-13-17-40(27-34)59(62,63)64/h13-33H,1-12H3. The van der Waals surface area contributed by atoms with Crippen LogP contribution in [0.25, 0.3) is 77.2 Å². The maximum atomic E-state index is 17.1. The molecule has 0 saturated carbocycles. The van der Waals surface area contributed by atoms with Gasteiger partial charge in [-0.2, -0.15) is 39.5 Å². The second-order valence-electron chi connectivity index (χ2n) is 23.3. The normalized spacial score (nSPS) is 13.6. The van der Waals surface area contributed by atoms with Gasteiger partial charge in [-0.05, 0) is 134 Å². The van der Waals surface area contributed by atoms with Gasteiger partial charge in [0.2, 0.25) is 0 Å². The zero-order valence-corrected chi connectivity index (χ0v) is 42.4. The second-order valence-corrected chi connectivity index (χ2v) is 23.3. The lowest BCUT2D eigenvalue weighted by Crippen LogP contribution is -2.16. The van der Waals surface area contributed by atoms with E-state index in [4.69, 9.17) is 0 Å². The smallest absolute Gasteiger partial charge is 0.309 e. The number of alkyl halides is 9. The minimum atomic E-state index is -5.38. The fourth-order valence-corrected chi connectivity index (χ4v) is 10.0. The predicted molar refractivity (Wildman–Crippen MR) is 276 cm³/mol. The molecule has 7 aromatic carbocycles. The van der Waals surface area contributed by atoms with E-state index in [1.807, 2.05) is 72.8 Å². The van der Waals surface area contributed by atoms with Crippen molar-refractivity contribution in [3.8, 4) is 33.6 Å². The Morgan fingerprint density at radius 1 is 0.292 bits per heavy atom. The van der Waals surface area contributed by atoms with E-state index in [1.54, 1.807) is 9.13 Å². The van der Waals surface area contributed by atoms with Gasteiger partial charge in [0.25, 0.3) is 0 Å². The third-order valence-corrected chi connectivity index (χ3v) is 14.0. The molecule has 0 N–H and O–H groups in total. The molecule has 374 valence electrons. The van der Waals surface area contributed by atoms with Crippen LogP contribution in [0.15, 0.2) is 127 Å². The predicted octanol–water partition coefficient (Wildman–Crippen LogP) is 19.5. The molecular formula is C61H57F9N2. The average Bonchev–Trinajstić information content (AvgIpc) is 3.77. The average molecular weight is 989 g/mol.